The molecule has 0 atom stereocenters. The highest BCUT2D eigenvalue weighted by Crippen LogP contribution is 2.53. The highest BCUT2D eigenvalue weighted by Gasteiger charge is 2.25. The largest absolute Gasteiger partial charge is 0.284 e. The van der Waals surface area contributed by atoms with Crippen molar-refractivity contribution >= 4 is 27.9 Å². The zero-order valence-electron chi connectivity index (χ0n) is 10.6. The van der Waals surface area contributed by atoms with E-state index in [0.29, 0.717) is 0 Å². The molecule has 1 rings (SSSR count). The summed E-state index contributed by atoms with van der Waals surface area (Å²) in [7, 11) is 4.66. The molecule has 0 aliphatic carbocycles. The maximum Gasteiger partial charge on any atom is 0.238 e. The van der Waals surface area contributed by atoms with Gasteiger partial charge in [-0.05, 0) is 49.7 Å². The van der Waals surface area contributed by atoms with Crippen LogP contribution in [0.25, 0.3) is 4.48 Å². The molecule has 0 saturated heterocycles. The lowest BCUT2D eigenvalue weighted by Crippen LogP contribution is -2.19. The second-order valence-corrected chi connectivity index (χ2v) is 8.02. The lowest BCUT2D eigenvalue weighted by Gasteiger charge is -2.28. The van der Waals surface area contributed by atoms with Crippen LogP contribution < -0.4 is 0 Å². The predicted octanol–water partition coefficient (Wildman–Crippen LogP) is 3.70. The third-order valence-corrected chi connectivity index (χ3v) is 6.40. The normalized spacial score (nSPS) is 13.5. The van der Waals surface area contributed by atoms with Gasteiger partial charge in [-0.3, -0.25) is 4.57 Å². The quantitative estimate of drug-likeness (QED) is 0.791. The molecular formula is C12H18BrN2OP. The Morgan fingerprint density at radius 1 is 1.12 bits per heavy atom. The third-order valence-electron chi connectivity index (χ3n) is 2.48. The van der Waals surface area contributed by atoms with E-state index in [2.05, 4.69) is 15.9 Å². The fourth-order valence-electron chi connectivity index (χ4n) is 1.41. The van der Waals surface area contributed by atoms with Crippen molar-refractivity contribution in [3.8, 4) is 0 Å². The monoisotopic (exact) mass is 316 g/mol. The fraction of sp³-hybridized carbons (Fsp3) is 0.333. The average Bonchev–Trinajstić information content (AvgIpc) is 2.29. The molecule has 5 heteroatoms. The summed E-state index contributed by atoms with van der Waals surface area (Å²) in [6, 6.07) is 9.84. The Balaban J connectivity index is 3.13. The van der Waals surface area contributed by atoms with Crippen LogP contribution in [0.4, 0.5) is 0 Å². The average molecular weight is 317 g/mol. The van der Waals surface area contributed by atoms with Gasteiger partial charge in [-0.1, -0.05) is 30.3 Å². The summed E-state index contributed by atoms with van der Waals surface area (Å²) in [5, 5.41) is 0. The van der Waals surface area contributed by atoms with Gasteiger partial charge in [-0.15, -0.1) is 0 Å². The van der Waals surface area contributed by atoms with E-state index in [9.17, 15) is 4.57 Å². The number of hydrogen-bond donors (Lipinski definition) is 0. The summed E-state index contributed by atoms with van der Waals surface area (Å²) in [5.74, 6) is 1.78. The molecule has 1 aromatic rings. The Labute approximate surface area is 112 Å². The van der Waals surface area contributed by atoms with Gasteiger partial charge in [-0.2, -0.15) is 0 Å². The molecule has 0 bridgehead atoms. The molecule has 0 aromatic heterocycles. The van der Waals surface area contributed by atoms with Crippen LogP contribution >= 0.6 is 23.4 Å². The highest BCUT2D eigenvalue weighted by molar-refractivity contribution is 9.15. The van der Waals surface area contributed by atoms with Crippen molar-refractivity contribution in [3.63, 3.8) is 0 Å². The maximum atomic E-state index is 12.7. The second-order valence-electron chi connectivity index (χ2n) is 4.13. The molecule has 0 amide bonds. The second kappa shape index (κ2) is 5.96. The zero-order chi connectivity index (χ0) is 13.1. The van der Waals surface area contributed by atoms with Gasteiger partial charge >= 0.3 is 0 Å². The molecule has 0 spiro atoms. The molecule has 0 heterocycles. The van der Waals surface area contributed by atoms with Crippen molar-refractivity contribution < 1.29 is 4.57 Å². The molecule has 3 nitrogen and oxygen atoms in total. The molecule has 0 aliphatic heterocycles. The minimum absolute atomic E-state index is 0.851. The number of rotatable bonds is 4. The lowest BCUT2D eigenvalue weighted by molar-refractivity contribution is 0.459. The first-order valence-corrected chi connectivity index (χ1v) is 7.74. The van der Waals surface area contributed by atoms with E-state index in [0.717, 1.165) is 10.0 Å². The van der Waals surface area contributed by atoms with Gasteiger partial charge in [0, 0.05) is 10.3 Å². The van der Waals surface area contributed by atoms with Crippen molar-refractivity contribution in [1.29, 1.82) is 0 Å². The van der Waals surface area contributed by atoms with Gasteiger partial charge in [0.25, 0.3) is 0 Å². The van der Waals surface area contributed by atoms with Crippen molar-refractivity contribution in [3.05, 3.63) is 41.7 Å². The number of halogens is 1. The van der Waals surface area contributed by atoms with E-state index in [4.69, 9.17) is 0 Å². The van der Waals surface area contributed by atoms with Gasteiger partial charge in [0.15, 0.2) is 0 Å². The Hall–Kier alpha value is -0.410. The molecule has 0 unspecified atom stereocenters. The van der Waals surface area contributed by atoms with Crippen LogP contribution in [0.2, 0.25) is 0 Å². The van der Waals surface area contributed by atoms with E-state index < -0.39 is 7.44 Å². The van der Waals surface area contributed by atoms with Gasteiger partial charge in [0.2, 0.25) is 7.44 Å². The van der Waals surface area contributed by atoms with E-state index in [1.807, 2.05) is 58.5 Å². The van der Waals surface area contributed by atoms with Crippen LogP contribution in [-0.4, -0.2) is 37.5 Å². The van der Waals surface area contributed by atoms with Crippen LogP contribution in [0.3, 0.4) is 0 Å². The summed E-state index contributed by atoms with van der Waals surface area (Å²) in [4.78, 5) is 0. The van der Waals surface area contributed by atoms with Crippen molar-refractivity contribution in [2.24, 2.45) is 0 Å². The molecule has 0 aliphatic rings. The smallest absolute Gasteiger partial charge is 0.238 e. The highest BCUT2D eigenvalue weighted by atomic mass is 79.9. The maximum absolute atomic E-state index is 12.7. The van der Waals surface area contributed by atoms with E-state index in [1.165, 1.54) is 0 Å². The summed E-state index contributed by atoms with van der Waals surface area (Å²) < 4.78 is 17.1. The van der Waals surface area contributed by atoms with Crippen molar-refractivity contribution in [2.75, 3.05) is 28.2 Å². The number of nitrogens with zero attached hydrogens (tertiary/aromatic N) is 2. The van der Waals surface area contributed by atoms with Gasteiger partial charge in [-0.25, -0.2) is 9.34 Å². The Morgan fingerprint density at radius 2 is 1.59 bits per heavy atom. The Kier molecular flexibility index (Phi) is 5.14. The van der Waals surface area contributed by atoms with Gasteiger partial charge in [0.1, 0.15) is 0 Å². The molecule has 17 heavy (non-hydrogen) atoms. The SMILES string of the molecule is CN(C)P(=O)(/C=C(/Br)c1ccccc1)N(C)C. The Bertz CT molecular complexity index is 431. The summed E-state index contributed by atoms with van der Waals surface area (Å²) in [6.07, 6.45) is 0. The summed E-state index contributed by atoms with van der Waals surface area (Å²) in [5.41, 5.74) is 1.02. The molecular weight excluding hydrogens is 299 g/mol. The molecule has 0 saturated carbocycles. The number of hydrogen-bond acceptors (Lipinski definition) is 1. The summed E-state index contributed by atoms with van der Waals surface area (Å²) >= 11 is 3.49. The van der Waals surface area contributed by atoms with Crippen LogP contribution in [-0.2, 0) is 4.57 Å². The Morgan fingerprint density at radius 3 is 2.00 bits per heavy atom. The first-order chi connectivity index (χ1) is 7.88. The predicted molar refractivity (Wildman–Crippen MR) is 78.3 cm³/mol. The molecule has 0 N–H and O–H groups in total. The lowest BCUT2D eigenvalue weighted by atomic mass is 10.2. The van der Waals surface area contributed by atoms with Crippen LogP contribution in [0.15, 0.2) is 36.1 Å². The topological polar surface area (TPSA) is 23.6 Å². The minimum Gasteiger partial charge on any atom is -0.284 e. The standard InChI is InChI=1S/C12H18BrN2OP/c1-14(2)17(16,15(3)4)10-12(13)11-8-6-5-7-9-11/h5-10H,1-4H3/b12-10+. The fourth-order valence-corrected chi connectivity index (χ4v) is 4.09. The van der Waals surface area contributed by atoms with E-state index in [-0.39, 0.29) is 0 Å². The van der Waals surface area contributed by atoms with Crippen LogP contribution in [0, 0.1) is 0 Å². The molecule has 94 valence electrons. The van der Waals surface area contributed by atoms with Crippen LogP contribution in [0.5, 0.6) is 0 Å². The molecule has 0 radical (unpaired) electrons. The molecule has 1 aromatic carbocycles. The zero-order valence-corrected chi connectivity index (χ0v) is 13.1. The number of benzene rings is 1. The summed E-state index contributed by atoms with van der Waals surface area (Å²) in [6.45, 7) is 0. The van der Waals surface area contributed by atoms with Gasteiger partial charge < -0.3 is 0 Å². The van der Waals surface area contributed by atoms with Crippen molar-refractivity contribution in [2.45, 2.75) is 0 Å². The van der Waals surface area contributed by atoms with E-state index >= 15 is 0 Å². The van der Waals surface area contributed by atoms with Gasteiger partial charge in [0.05, 0.1) is 0 Å². The molecule has 0 fully saturated rings. The first kappa shape index (κ1) is 14.7. The van der Waals surface area contributed by atoms with Crippen molar-refractivity contribution in [1.82, 2.24) is 9.34 Å². The third kappa shape index (κ3) is 3.52. The van der Waals surface area contributed by atoms with Crippen LogP contribution in [0.1, 0.15) is 5.56 Å². The first-order valence-electron chi connectivity index (χ1n) is 5.27. The minimum atomic E-state index is -2.63. The van der Waals surface area contributed by atoms with E-state index in [1.54, 1.807) is 15.2 Å².